The van der Waals surface area contributed by atoms with Gasteiger partial charge in [0.25, 0.3) is 0 Å². The van der Waals surface area contributed by atoms with Crippen molar-refractivity contribution in [2.75, 3.05) is 33.2 Å². The van der Waals surface area contributed by atoms with Gasteiger partial charge in [0.2, 0.25) is 0 Å². The van der Waals surface area contributed by atoms with E-state index < -0.39 is 0 Å². The van der Waals surface area contributed by atoms with Crippen molar-refractivity contribution < 1.29 is 0 Å². The maximum Gasteiger partial charge on any atom is 0.191 e. The molecule has 0 spiro atoms. The maximum absolute atomic E-state index is 4.50. The zero-order valence-electron chi connectivity index (χ0n) is 18.7. The molecule has 0 radical (unpaired) electrons. The summed E-state index contributed by atoms with van der Waals surface area (Å²) in [6.07, 6.45) is 6.39. The molecule has 1 aromatic heterocycles. The molecule has 2 heterocycles. The van der Waals surface area contributed by atoms with E-state index in [0.717, 1.165) is 31.2 Å². The number of hydrogen-bond donors (Lipinski definition) is 2. The molecule has 28 heavy (non-hydrogen) atoms. The molecule has 1 unspecified atom stereocenters. The van der Waals surface area contributed by atoms with Gasteiger partial charge in [0.1, 0.15) is 0 Å². The summed E-state index contributed by atoms with van der Waals surface area (Å²) in [6, 6.07) is 0.560. The van der Waals surface area contributed by atoms with Crippen molar-refractivity contribution in [3.8, 4) is 0 Å². The molecule has 1 aromatic rings. The zero-order valence-corrected chi connectivity index (χ0v) is 21.0. The minimum Gasteiger partial charge on any atom is -0.356 e. The van der Waals surface area contributed by atoms with Crippen molar-refractivity contribution in [2.45, 2.75) is 65.8 Å². The molecular weight excluding hydrogens is 463 g/mol. The summed E-state index contributed by atoms with van der Waals surface area (Å²) in [5.41, 5.74) is 3.71. The third kappa shape index (κ3) is 7.21. The van der Waals surface area contributed by atoms with Gasteiger partial charge in [0.05, 0.1) is 5.69 Å². The molecule has 0 bridgehead atoms. The molecule has 0 aromatic carbocycles. The molecule has 0 aliphatic carbocycles. The molecule has 1 fully saturated rings. The van der Waals surface area contributed by atoms with Crippen LogP contribution in [-0.2, 0) is 13.5 Å². The summed E-state index contributed by atoms with van der Waals surface area (Å²) in [6.45, 7) is 13.2. The molecule has 1 aliphatic rings. The SMILES string of the molecule is CN=C(NCCc1c(C)nn(C)c1C)NCC(C(C)C)N1CCCCCC1.I. The molecule has 6 nitrogen and oxygen atoms in total. The van der Waals surface area contributed by atoms with Crippen LogP contribution in [0.1, 0.15) is 56.5 Å². The van der Waals surface area contributed by atoms with E-state index in [0.29, 0.717) is 12.0 Å². The van der Waals surface area contributed by atoms with E-state index in [-0.39, 0.29) is 24.0 Å². The molecule has 2 N–H and O–H groups in total. The number of aromatic nitrogens is 2. The Hall–Kier alpha value is -0.830. The number of aliphatic imine (C=N–C) groups is 1. The lowest BCUT2D eigenvalue weighted by molar-refractivity contribution is 0.161. The number of aryl methyl sites for hydroxylation is 2. The highest BCUT2D eigenvalue weighted by molar-refractivity contribution is 14.0. The fourth-order valence-electron chi connectivity index (χ4n) is 4.12. The molecule has 0 saturated carbocycles. The fourth-order valence-corrected chi connectivity index (χ4v) is 4.12. The first-order valence-electron chi connectivity index (χ1n) is 10.6. The Bertz CT molecular complexity index is 602. The van der Waals surface area contributed by atoms with Gasteiger partial charge in [-0.15, -0.1) is 24.0 Å². The van der Waals surface area contributed by atoms with Gasteiger partial charge in [0, 0.05) is 38.9 Å². The minimum absolute atomic E-state index is 0. The Morgan fingerprint density at radius 2 is 1.75 bits per heavy atom. The predicted molar refractivity (Wildman–Crippen MR) is 130 cm³/mol. The minimum atomic E-state index is 0. The molecule has 1 atom stereocenters. The number of hydrogen-bond acceptors (Lipinski definition) is 3. The zero-order chi connectivity index (χ0) is 19.8. The Balaban J connectivity index is 0.00000392. The van der Waals surface area contributed by atoms with Gasteiger partial charge in [-0.3, -0.25) is 14.6 Å². The highest BCUT2D eigenvalue weighted by Gasteiger charge is 2.22. The second-order valence-corrected chi connectivity index (χ2v) is 8.16. The van der Waals surface area contributed by atoms with Gasteiger partial charge in [-0.25, -0.2) is 0 Å². The fraction of sp³-hybridized carbons (Fsp3) is 0.810. The number of guanidine groups is 1. The van der Waals surface area contributed by atoms with Gasteiger partial charge >= 0.3 is 0 Å². The van der Waals surface area contributed by atoms with E-state index >= 15 is 0 Å². The van der Waals surface area contributed by atoms with Crippen LogP contribution in [0.4, 0.5) is 0 Å². The van der Waals surface area contributed by atoms with Crippen LogP contribution in [-0.4, -0.2) is 59.9 Å². The van der Waals surface area contributed by atoms with E-state index in [1.165, 1.54) is 50.0 Å². The van der Waals surface area contributed by atoms with Crippen LogP contribution in [0.2, 0.25) is 0 Å². The van der Waals surface area contributed by atoms with Crippen LogP contribution in [0.5, 0.6) is 0 Å². The number of nitrogens with zero attached hydrogens (tertiary/aromatic N) is 4. The van der Waals surface area contributed by atoms with Crippen LogP contribution >= 0.6 is 24.0 Å². The van der Waals surface area contributed by atoms with Crippen molar-refractivity contribution >= 4 is 29.9 Å². The topological polar surface area (TPSA) is 57.5 Å². The number of rotatable bonds is 7. The maximum atomic E-state index is 4.50. The first-order valence-corrected chi connectivity index (χ1v) is 10.6. The molecule has 162 valence electrons. The van der Waals surface area contributed by atoms with E-state index in [1.54, 1.807) is 0 Å². The normalized spacial score (nSPS) is 17.2. The van der Waals surface area contributed by atoms with Crippen LogP contribution in [0.25, 0.3) is 0 Å². The standard InChI is InChI=1S/C21H40N6.HI/c1-16(2)20(27-13-9-7-8-10-14-27)15-24-21(22-5)23-12-11-19-17(3)25-26(6)18(19)4;/h16,20H,7-15H2,1-6H3,(H2,22,23,24);1H. The molecule has 0 amide bonds. The first-order chi connectivity index (χ1) is 12.9. The van der Waals surface area contributed by atoms with E-state index in [1.807, 2.05) is 18.8 Å². The van der Waals surface area contributed by atoms with Crippen molar-refractivity contribution in [1.29, 1.82) is 0 Å². The molecular formula is C21H41IN6. The molecule has 1 saturated heterocycles. The lowest BCUT2D eigenvalue weighted by atomic mass is 10.0. The smallest absolute Gasteiger partial charge is 0.191 e. The first kappa shape index (κ1) is 25.2. The summed E-state index contributed by atoms with van der Waals surface area (Å²) in [7, 11) is 3.86. The average molecular weight is 505 g/mol. The predicted octanol–water partition coefficient (Wildman–Crippen LogP) is 3.26. The summed E-state index contributed by atoms with van der Waals surface area (Å²) < 4.78 is 1.96. The highest BCUT2D eigenvalue weighted by atomic mass is 127. The van der Waals surface area contributed by atoms with Gasteiger partial charge in [-0.05, 0) is 57.7 Å². The lowest BCUT2D eigenvalue weighted by Gasteiger charge is -2.34. The number of nitrogens with one attached hydrogen (secondary N) is 2. The van der Waals surface area contributed by atoms with E-state index in [2.05, 4.69) is 53.3 Å². The van der Waals surface area contributed by atoms with Crippen LogP contribution in [0.3, 0.4) is 0 Å². The van der Waals surface area contributed by atoms with Crippen molar-refractivity contribution in [3.63, 3.8) is 0 Å². The second-order valence-electron chi connectivity index (χ2n) is 8.16. The van der Waals surface area contributed by atoms with E-state index in [9.17, 15) is 0 Å². The van der Waals surface area contributed by atoms with Gasteiger partial charge in [0.15, 0.2) is 5.96 Å². The van der Waals surface area contributed by atoms with Crippen molar-refractivity contribution in [1.82, 2.24) is 25.3 Å². The average Bonchev–Trinajstić information content (AvgIpc) is 2.83. The third-order valence-electron chi connectivity index (χ3n) is 5.91. The quantitative estimate of drug-likeness (QED) is 0.340. The Kier molecular flexibility index (Phi) is 11.4. The van der Waals surface area contributed by atoms with Crippen LogP contribution in [0, 0.1) is 19.8 Å². The molecule has 2 rings (SSSR count). The number of likely N-dealkylation sites (tertiary alicyclic amines) is 1. The summed E-state index contributed by atoms with van der Waals surface area (Å²) in [5.74, 6) is 1.53. The monoisotopic (exact) mass is 504 g/mol. The Labute approximate surface area is 189 Å². The molecule has 7 heteroatoms. The lowest BCUT2D eigenvalue weighted by Crippen LogP contribution is -2.50. The van der Waals surface area contributed by atoms with Gasteiger partial charge < -0.3 is 10.6 Å². The second kappa shape index (κ2) is 12.7. The number of halogens is 1. The van der Waals surface area contributed by atoms with Crippen molar-refractivity contribution in [3.05, 3.63) is 17.0 Å². The highest BCUT2D eigenvalue weighted by Crippen LogP contribution is 2.17. The van der Waals surface area contributed by atoms with Crippen LogP contribution < -0.4 is 10.6 Å². The summed E-state index contributed by atoms with van der Waals surface area (Å²) >= 11 is 0. The van der Waals surface area contributed by atoms with Gasteiger partial charge in [-0.2, -0.15) is 5.10 Å². The summed E-state index contributed by atoms with van der Waals surface area (Å²) in [5, 5.41) is 11.5. The Morgan fingerprint density at radius 1 is 1.11 bits per heavy atom. The summed E-state index contributed by atoms with van der Waals surface area (Å²) in [4.78, 5) is 7.10. The Morgan fingerprint density at radius 3 is 2.25 bits per heavy atom. The van der Waals surface area contributed by atoms with Crippen LogP contribution in [0.15, 0.2) is 4.99 Å². The van der Waals surface area contributed by atoms with Gasteiger partial charge in [-0.1, -0.05) is 26.7 Å². The largest absolute Gasteiger partial charge is 0.356 e. The van der Waals surface area contributed by atoms with E-state index in [4.69, 9.17) is 0 Å². The molecule has 1 aliphatic heterocycles. The van der Waals surface area contributed by atoms with Crippen molar-refractivity contribution in [2.24, 2.45) is 18.0 Å². The third-order valence-corrected chi connectivity index (χ3v) is 5.91.